The molecule has 12 heteroatoms. The molecule has 2 aromatic carbocycles. The highest BCUT2D eigenvalue weighted by Crippen LogP contribution is 2.28. The number of carbonyl (C=O) groups is 3. The number of hydrogen-bond acceptors (Lipinski definition) is 9. The first-order chi connectivity index (χ1) is 15.1. The van der Waals surface area contributed by atoms with E-state index in [4.69, 9.17) is 15.2 Å². The summed E-state index contributed by atoms with van der Waals surface area (Å²) in [6.45, 7) is 0. The summed E-state index contributed by atoms with van der Waals surface area (Å²) >= 11 is 0. The van der Waals surface area contributed by atoms with Crippen molar-refractivity contribution in [2.24, 2.45) is 5.73 Å². The Hall–Kier alpha value is -3.70. The predicted octanol–water partition coefficient (Wildman–Crippen LogP) is 0.714. The fourth-order valence-corrected chi connectivity index (χ4v) is 2.81. The van der Waals surface area contributed by atoms with Crippen LogP contribution in [0.25, 0.3) is 0 Å². The van der Waals surface area contributed by atoms with Crippen molar-refractivity contribution in [2.45, 2.75) is 24.9 Å². The minimum absolute atomic E-state index is 0. The molecule has 33 heavy (non-hydrogen) atoms. The molecule has 0 saturated heterocycles. The second kappa shape index (κ2) is 12.4. The number of aromatic hydroxyl groups is 3. The Morgan fingerprint density at radius 1 is 0.970 bits per heavy atom. The normalized spacial score (nSPS) is 12.0. The highest BCUT2D eigenvalue weighted by atomic mass is 35.5. The summed E-state index contributed by atoms with van der Waals surface area (Å²) in [5.74, 6) is -2.42. The van der Waals surface area contributed by atoms with E-state index in [1.165, 1.54) is 43.4 Å². The van der Waals surface area contributed by atoms with Gasteiger partial charge in [0.2, 0.25) is 5.91 Å². The van der Waals surface area contributed by atoms with Gasteiger partial charge >= 0.3 is 12.1 Å². The van der Waals surface area contributed by atoms with Gasteiger partial charge in [0.25, 0.3) is 0 Å². The van der Waals surface area contributed by atoms with E-state index in [2.05, 4.69) is 10.6 Å². The highest BCUT2D eigenvalue weighted by Gasteiger charge is 2.25. The minimum atomic E-state index is -1.11. The van der Waals surface area contributed by atoms with E-state index < -0.39 is 30.1 Å². The summed E-state index contributed by atoms with van der Waals surface area (Å²) in [6, 6.07) is 6.03. The first kappa shape index (κ1) is 27.3. The van der Waals surface area contributed by atoms with Crippen LogP contribution in [0, 0.1) is 0 Å². The molecule has 2 amide bonds. The van der Waals surface area contributed by atoms with Crippen molar-refractivity contribution in [3.05, 3.63) is 47.5 Å². The van der Waals surface area contributed by atoms with Gasteiger partial charge in [-0.1, -0.05) is 12.1 Å². The van der Waals surface area contributed by atoms with Gasteiger partial charge in [-0.25, -0.2) is 9.59 Å². The van der Waals surface area contributed by atoms with Gasteiger partial charge in [-0.05, 0) is 41.8 Å². The van der Waals surface area contributed by atoms with Crippen molar-refractivity contribution < 1.29 is 39.2 Å². The van der Waals surface area contributed by atoms with Gasteiger partial charge in [-0.15, -0.1) is 12.4 Å². The number of nitrogens with two attached hydrogens (primary N) is 1. The van der Waals surface area contributed by atoms with Crippen LogP contribution in [0.1, 0.15) is 11.1 Å². The Morgan fingerprint density at radius 2 is 1.58 bits per heavy atom. The second-order valence-electron chi connectivity index (χ2n) is 6.86. The zero-order valence-corrected chi connectivity index (χ0v) is 18.7. The Morgan fingerprint density at radius 3 is 2.15 bits per heavy atom. The maximum absolute atomic E-state index is 12.6. The summed E-state index contributed by atoms with van der Waals surface area (Å²) in [5.41, 5.74) is 6.90. The number of halogens is 1. The van der Waals surface area contributed by atoms with Crippen LogP contribution < -0.4 is 21.1 Å². The number of esters is 1. The van der Waals surface area contributed by atoms with Crippen LogP contribution in [0.3, 0.4) is 0 Å². The van der Waals surface area contributed by atoms with Gasteiger partial charge in [0.15, 0.2) is 23.0 Å². The first-order valence-electron chi connectivity index (χ1n) is 9.50. The Labute approximate surface area is 195 Å². The summed E-state index contributed by atoms with van der Waals surface area (Å²) in [6.07, 6.45) is -0.784. The molecule has 0 heterocycles. The lowest BCUT2D eigenvalue weighted by atomic mass is 10.0. The molecule has 0 saturated carbocycles. The number of rotatable bonds is 8. The SMILES string of the molecule is CNC(=O)Oc1cc(CC(NC(=O)C(N)Cc2ccc(O)c(O)c2)C(=O)OC)ccc1O.Cl. The molecule has 0 aliphatic carbocycles. The Balaban J connectivity index is 0.00000544. The van der Waals surface area contributed by atoms with Crippen LogP contribution in [-0.2, 0) is 27.2 Å². The molecular weight excluding hydrogens is 458 g/mol. The molecule has 2 unspecified atom stereocenters. The predicted molar refractivity (Wildman–Crippen MR) is 120 cm³/mol. The van der Waals surface area contributed by atoms with Gasteiger partial charge in [0.1, 0.15) is 6.04 Å². The molecule has 0 bridgehead atoms. The van der Waals surface area contributed by atoms with E-state index in [0.29, 0.717) is 11.1 Å². The molecule has 2 atom stereocenters. The van der Waals surface area contributed by atoms with E-state index in [9.17, 15) is 29.7 Å². The lowest BCUT2D eigenvalue weighted by Crippen LogP contribution is -2.50. The number of methoxy groups -OCH3 is 1. The molecule has 0 aromatic heterocycles. The largest absolute Gasteiger partial charge is 0.504 e. The van der Waals surface area contributed by atoms with E-state index in [1.807, 2.05) is 0 Å². The molecule has 11 nitrogen and oxygen atoms in total. The topological polar surface area (TPSA) is 180 Å². The van der Waals surface area contributed by atoms with Crippen LogP contribution in [0.5, 0.6) is 23.0 Å². The zero-order valence-electron chi connectivity index (χ0n) is 17.9. The third kappa shape index (κ3) is 7.74. The van der Waals surface area contributed by atoms with Crippen LogP contribution in [-0.4, -0.2) is 59.5 Å². The van der Waals surface area contributed by atoms with Crippen molar-refractivity contribution in [3.63, 3.8) is 0 Å². The van der Waals surface area contributed by atoms with Crippen molar-refractivity contribution >= 4 is 30.4 Å². The van der Waals surface area contributed by atoms with Gasteiger partial charge in [0.05, 0.1) is 13.2 Å². The highest BCUT2D eigenvalue weighted by molar-refractivity contribution is 5.87. The molecule has 0 spiro atoms. The molecule has 0 aliphatic heterocycles. The van der Waals surface area contributed by atoms with Crippen LogP contribution in [0.4, 0.5) is 4.79 Å². The number of carbonyl (C=O) groups excluding carboxylic acids is 3. The van der Waals surface area contributed by atoms with Crippen molar-refractivity contribution in [1.29, 1.82) is 0 Å². The first-order valence-corrected chi connectivity index (χ1v) is 9.50. The van der Waals surface area contributed by atoms with Crippen LogP contribution in [0.2, 0.25) is 0 Å². The minimum Gasteiger partial charge on any atom is -0.504 e. The van der Waals surface area contributed by atoms with Crippen molar-refractivity contribution in [3.8, 4) is 23.0 Å². The quantitative estimate of drug-likeness (QED) is 0.233. The third-order valence-corrected chi connectivity index (χ3v) is 4.51. The van der Waals surface area contributed by atoms with E-state index in [0.717, 1.165) is 7.11 Å². The second-order valence-corrected chi connectivity index (χ2v) is 6.86. The average molecular weight is 484 g/mol. The zero-order chi connectivity index (χ0) is 23.8. The fourth-order valence-electron chi connectivity index (χ4n) is 2.81. The maximum Gasteiger partial charge on any atom is 0.412 e. The van der Waals surface area contributed by atoms with E-state index in [-0.39, 0.29) is 48.2 Å². The Kier molecular flexibility index (Phi) is 10.2. The smallest absolute Gasteiger partial charge is 0.412 e. The molecule has 0 radical (unpaired) electrons. The lowest BCUT2D eigenvalue weighted by Gasteiger charge is -2.20. The average Bonchev–Trinajstić information content (AvgIpc) is 2.77. The van der Waals surface area contributed by atoms with Crippen molar-refractivity contribution in [1.82, 2.24) is 10.6 Å². The number of ether oxygens (including phenoxy) is 2. The summed E-state index contributed by atoms with van der Waals surface area (Å²) in [4.78, 5) is 36.2. The number of amides is 2. The van der Waals surface area contributed by atoms with Crippen molar-refractivity contribution in [2.75, 3.05) is 14.2 Å². The molecule has 0 aliphatic rings. The standard InChI is InChI=1S/C21H25N3O8.ClH/c1-23-21(30)32-18-10-12(4-6-16(18)26)8-14(20(29)31-2)24-19(28)13(22)7-11-3-5-15(25)17(27)9-11;/h3-6,9-10,13-14,25-27H,7-8,22H2,1-2H3,(H,23,30)(H,24,28);1H. The van der Waals surface area contributed by atoms with Gasteiger partial charge < -0.3 is 41.2 Å². The number of benzene rings is 2. The van der Waals surface area contributed by atoms with Crippen LogP contribution >= 0.6 is 12.4 Å². The monoisotopic (exact) mass is 483 g/mol. The third-order valence-electron chi connectivity index (χ3n) is 4.51. The van der Waals surface area contributed by atoms with E-state index >= 15 is 0 Å². The number of hydrogen-bond donors (Lipinski definition) is 6. The number of nitrogens with one attached hydrogen (secondary N) is 2. The number of phenols is 3. The molecule has 180 valence electrons. The summed E-state index contributed by atoms with van der Waals surface area (Å²) in [5, 5.41) is 33.6. The summed E-state index contributed by atoms with van der Waals surface area (Å²) < 4.78 is 9.69. The fraction of sp³-hybridized carbons (Fsp3) is 0.286. The Bertz CT molecular complexity index is 1000. The van der Waals surface area contributed by atoms with Gasteiger partial charge in [0, 0.05) is 13.5 Å². The summed E-state index contributed by atoms with van der Waals surface area (Å²) in [7, 11) is 2.52. The molecule has 7 N–H and O–H groups in total. The molecule has 0 fully saturated rings. The molecular formula is C21H26ClN3O8. The van der Waals surface area contributed by atoms with E-state index in [1.54, 1.807) is 0 Å². The van der Waals surface area contributed by atoms with Crippen LogP contribution in [0.15, 0.2) is 36.4 Å². The molecule has 2 rings (SSSR count). The number of phenolic OH excluding ortho intramolecular Hbond substituents is 3. The molecule has 2 aromatic rings. The maximum atomic E-state index is 12.6. The van der Waals surface area contributed by atoms with Gasteiger partial charge in [-0.2, -0.15) is 0 Å². The lowest BCUT2D eigenvalue weighted by molar-refractivity contribution is -0.145. The van der Waals surface area contributed by atoms with Gasteiger partial charge in [-0.3, -0.25) is 4.79 Å².